The van der Waals surface area contributed by atoms with E-state index in [9.17, 15) is 0 Å². The number of aryl methyl sites for hydroxylation is 1. The first-order valence-electron chi connectivity index (χ1n) is 6.35. The van der Waals surface area contributed by atoms with Gasteiger partial charge in [-0.2, -0.15) is 5.10 Å². The van der Waals surface area contributed by atoms with Crippen molar-refractivity contribution in [3.05, 3.63) is 41.7 Å². The molecule has 94 valence electrons. The lowest BCUT2D eigenvalue weighted by atomic mass is 10.00. The molecular formula is C14H18N4. The summed E-state index contributed by atoms with van der Waals surface area (Å²) in [6, 6.07) is 8.25. The molecule has 0 saturated carbocycles. The van der Waals surface area contributed by atoms with Crippen molar-refractivity contribution in [2.75, 3.05) is 17.2 Å². The third kappa shape index (κ3) is 1.94. The van der Waals surface area contributed by atoms with Crippen molar-refractivity contribution in [3.8, 4) is 0 Å². The summed E-state index contributed by atoms with van der Waals surface area (Å²) in [6.45, 7) is 1.93. The smallest absolute Gasteiger partial charge is 0.0817 e. The molecule has 0 radical (unpaired) electrons. The number of fused-ring (bicyclic) bond motifs is 1. The van der Waals surface area contributed by atoms with E-state index in [0.29, 0.717) is 0 Å². The van der Waals surface area contributed by atoms with Gasteiger partial charge in [0.05, 0.1) is 12.2 Å². The van der Waals surface area contributed by atoms with Crippen LogP contribution in [0.5, 0.6) is 0 Å². The van der Waals surface area contributed by atoms with E-state index < -0.39 is 0 Å². The van der Waals surface area contributed by atoms with Crippen LogP contribution in [-0.4, -0.2) is 16.3 Å². The lowest BCUT2D eigenvalue weighted by Gasteiger charge is -2.31. The molecule has 0 spiro atoms. The fourth-order valence-corrected chi connectivity index (χ4v) is 2.64. The fraction of sp³-hybridized carbons (Fsp3) is 0.357. The van der Waals surface area contributed by atoms with Gasteiger partial charge < -0.3 is 10.6 Å². The van der Waals surface area contributed by atoms with Crippen LogP contribution in [0, 0.1) is 0 Å². The Balaban J connectivity index is 1.89. The molecular weight excluding hydrogens is 224 g/mol. The molecule has 2 aromatic rings. The van der Waals surface area contributed by atoms with Crippen molar-refractivity contribution in [2.24, 2.45) is 7.05 Å². The number of nitrogens with two attached hydrogens (primary N) is 1. The highest BCUT2D eigenvalue weighted by molar-refractivity contribution is 5.66. The molecule has 0 fully saturated rings. The summed E-state index contributed by atoms with van der Waals surface area (Å²) in [5.41, 5.74) is 10.6. The Bertz CT molecular complexity index is 559. The topological polar surface area (TPSA) is 47.1 Å². The number of anilines is 2. The van der Waals surface area contributed by atoms with Crippen LogP contribution in [0.15, 0.2) is 30.5 Å². The maximum Gasteiger partial charge on any atom is 0.0817 e. The Morgan fingerprint density at radius 2 is 2.22 bits per heavy atom. The van der Waals surface area contributed by atoms with Gasteiger partial charge in [0.25, 0.3) is 0 Å². The number of hydrogen-bond acceptors (Lipinski definition) is 3. The Hall–Kier alpha value is -1.97. The molecule has 1 aliphatic heterocycles. The molecule has 0 saturated heterocycles. The number of hydrogen-bond donors (Lipinski definition) is 1. The van der Waals surface area contributed by atoms with Crippen LogP contribution in [0.3, 0.4) is 0 Å². The van der Waals surface area contributed by atoms with Gasteiger partial charge in [0.1, 0.15) is 0 Å². The van der Waals surface area contributed by atoms with Crippen molar-refractivity contribution in [3.63, 3.8) is 0 Å². The van der Waals surface area contributed by atoms with Crippen LogP contribution in [0.1, 0.15) is 17.7 Å². The van der Waals surface area contributed by atoms with E-state index in [1.54, 1.807) is 0 Å². The van der Waals surface area contributed by atoms with Gasteiger partial charge >= 0.3 is 0 Å². The monoisotopic (exact) mass is 242 g/mol. The summed E-state index contributed by atoms with van der Waals surface area (Å²) in [6.07, 6.45) is 4.23. The highest BCUT2D eigenvalue weighted by atomic mass is 15.3. The third-order valence-electron chi connectivity index (χ3n) is 3.50. The zero-order chi connectivity index (χ0) is 12.5. The third-order valence-corrected chi connectivity index (χ3v) is 3.50. The van der Waals surface area contributed by atoms with Crippen LogP contribution in [-0.2, 0) is 20.0 Å². The molecule has 3 rings (SSSR count). The standard InChI is InChI=1S/C14H18N4/c1-17-9-7-11(16-17)10-18-8-3-4-12-13(15)5-2-6-14(12)18/h2,5-7,9H,3-4,8,10,15H2,1H3. The molecule has 0 unspecified atom stereocenters. The van der Waals surface area contributed by atoms with E-state index in [1.807, 2.05) is 30.1 Å². The van der Waals surface area contributed by atoms with Gasteiger partial charge in [-0.1, -0.05) is 6.07 Å². The predicted octanol–water partition coefficient (Wildman–Crippen LogP) is 1.96. The number of aromatic nitrogens is 2. The van der Waals surface area contributed by atoms with E-state index in [2.05, 4.69) is 22.1 Å². The zero-order valence-electron chi connectivity index (χ0n) is 10.6. The Kier molecular flexibility index (Phi) is 2.70. The lowest BCUT2D eigenvalue weighted by molar-refractivity contribution is 0.669. The fourth-order valence-electron chi connectivity index (χ4n) is 2.64. The SMILES string of the molecule is Cn1ccc(CN2CCCc3c(N)cccc32)n1. The Morgan fingerprint density at radius 1 is 1.33 bits per heavy atom. The van der Waals surface area contributed by atoms with Crippen LogP contribution in [0.4, 0.5) is 11.4 Å². The number of nitrogen functional groups attached to an aromatic ring is 1. The van der Waals surface area contributed by atoms with Gasteiger partial charge in [-0.05, 0) is 36.6 Å². The van der Waals surface area contributed by atoms with E-state index in [0.717, 1.165) is 37.3 Å². The van der Waals surface area contributed by atoms with E-state index in [4.69, 9.17) is 5.73 Å². The first-order valence-corrected chi connectivity index (χ1v) is 6.35. The molecule has 2 heterocycles. The van der Waals surface area contributed by atoms with E-state index in [-0.39, 0.29) is 0 Å². The zero-order valence-corrected chi connectivity index (χ0v) is 10.6. The Labute approximate surface area is 107 Å². The maximum absolute atomic E-state index is 6.05. The van der Waals surface area contributed by atoms with Crippen molar-refractivity contribution < 1.29 is 0 Å². The minimum absolute atomic E-state index is 0.858. The number of nitrogens with zero attached hydrogens (tertiary/aromatic N) is 3. The summed E-state index contributed by atoms with van der Waals surface area (Å²) in [4.78, 5) is 2.37. The molecule has 1 aromatic heterocycles. The maximum atomic E-state index is 6.05. The molecule has 2 N–H and O–H groups in total. The molecule has 0 aliphatic carbocycles. The average Bonchev–Trinajstić information content (AvgIpc) is 2.76. The summed E-state index contributed by atoms with van der Waals surface area (Å²) >= 11 is 0. The molecule has 1 aromatic carbocycles. The molecule has 4 heteroatoms. The number of rotatable bonds is 2. The van der Waals surface area contributed by atoms with Gasteiger partial charge in [0.2, 0.25) is 0 Å². The molecule has 0 bridgehead atoms. The van der Waals surface area contributed by atoms with Gasteiger partial charge in [-0.15, -0.1) is 0 Å². The molecule has 0 atom stereocenters. The highest BCUT2D eigenvalue weighted by Gasteiger charge is 2.19. The van der Waals surface area contributed by atoms with Crippen LogP contribution < -0.4 is 10.6 Å². The second-order valence-corrected chi connectivity index (χ2v) is 4.85. The van der Waals surface area contributed by atoms with Crippen molar-refractivity contribution in [2.45, 2.75) is 19.4 Å². The first-order chi connectivity index (χ1) is 8.74. The quantitative estimate of drug-likeness (QED) is 0.819. The van der Waals surface area contributed by atoms with Gasteiger partial charge in [0.15, 0.2) is 0 Å². The predicted molar refractivity (Wildman–Crippen MR) is 73.4 cm³/mol. The second-order valence-electron chi connectivity index (χ2n) is 4.85. The van der Waals surface area contributed by atoms with Crippen LogP contribution >= 0.6 is 0 Å². The largest absolute Gasteiger partial charge is 0.398 e. The minimum Gasteiger partial charge on any atom is -0.398 e. The molecule has 1 aliphatic rings. The van der Waals surface area contributed by atoms with Gasteiger partial charge in [-0.3, -0.25) is 4.68 Å². The normalized spacial score (nSPS) is 14.6. The number of benzene rings is 1. The first kappa shape index (κ1) is 11.1. The Morgan fingerprint density at radius 3 is 3.00 bits per heavy atom. The highest BCUT2D eigenvalue weighted by Crippen LogP contribution is 2.31. The van der Waals surface area contributed by atoms with E-state index >= 15 is 0 Å². The summed E-state index contributed by atoms with van der Waals surface area (Å²) in [5.74, 6) is 0. The minimum atomic E-state index is 0.858. The van der Waals surface area contributed by atoms with Gasteiger partial charge in [0, 0.05) is 31.2 Å². The van der Waals surface area contributed by atoms with Crippen molar-refractivity contribution in [1.82, 2.24) is 9.78 Å². The summed E-state index contributed by atoms with van der Waals surface area (Å²) < 4.78 is 1.85. The van der Waals surface area contributed by atoms with Crippen molar-refractivity contribution in [1.29, 1.82) is 0 Å². The average molecular weight is 242 g/mol. The van der Waals surface area contributed by atoms with Gasteiger partial charge in [-0.25, -0.2) is 0 Å². The van der Waals surface area contributed by atoms with Crippen LogP contribution in [0.25, 0.3) is 0 Å². The summed E-state index contributed by atoms with van der Waals surface area (Å²) in [7, 11) is 1.95. The summed E-state index contributed by atoms with van der Waals surface area (Å²) in [5, 5.41) is 4.44. The lowest BCUT2D eigenvalue weighted by Crippen LogP contribution is -2.29. The molecule has 0 amide bonds. The second kappa shape index (κ2) is 4.37. The van der Waals surface area contributed by atoms with Crippen molar-refractivity contribution >= 4 is 11.4 Å². The molecule has 18 heavy (non-hydrogen) atoms. The molecule has 4 nitrogen and oxygen atoms in total. The van der Waals surface area contributed by atoms with Crippen LogP contribution in [0.2, 0.25) is 0 Å². The van der Waals surface area contributed by atoms with E-state index in [1.165, 1.54) is 11.3 Å².